The number of anilines is 1. The Balaban J connectivity index is 2.07. The van der Waals surface area contributed by atoms with Gasteiger partial charge in [-0.2, -0.15) is 0 Å². The molecule has 2 N–H and O–H groups in total. The van der Waals surface area contributed by atoms with Gasteiger partial charge < -0.3 is 19.8 Å². The summed E-state index contributed by atoms with van der Waals surface area (Å²) in [5.74, 6) is -0.780. The lowest BCUT2D eigenvalue weighted by Crippen LogP contribution is -2.36. The summed E-state index contributed by atoms with van der Waals surface area (Å²) in [6.45, 7) is 3.00. The van der Waals surface area contributed by atoms with E-state index in [9.17, 15) is 9.59 Å². The molecule has 1 fully saturated rings. The van der Waals surface area contributed by atoms with Gasteiger partial charge in [0, 0.05) is 24.2 Å². The Kier molecular flexibility index (Phi) is 3.15. The second-order valence-corrected chi connectivity index (χ2v) is 4.63. The largest absolute Gasteiger partial charge is 0.422 e. The standard InChI is InChI=1S/C14H14N2O4/c15-13(17)11-8-9-7-10(16-3-5-19-6-4-16)1-2-12(9)20-14(11)18/h1-2,7-8H,3-6H2,(H2,15,17). The molecular formula is C14H14N2O4. The number of carbonyl (C=O) groups excluding carboxylic acids is 1. The molecule has 1 aliphatic rings. The number of rotatable bonds is 2. The number of hydrogen-bond donors (Lipinski definition) is 1. The number of carbonyl (C=O) groups is 1. The summed E-state index contributed by atoms with van der Waals surface area (Å²) >= 11 is 0. The molecule has 0 spiro atoms. The van der Waals surface area contributed by atoms with Gasteiger partial charge in [0.15, 0.2) is 0 Å². The normalized spacial score (nSPS) is 15.5. The van der Waals surface area contributed by atoms with Crippen LogP contribution in [0.1, 0.15) is 10.4 Å². The molecule has 1 amide bonds. The van der Waals surface area contributed by atoms with E-state index in [-0.39, 0.29) is 5.56 Å². The molecule has 1 aromatic carbocycles. The van der Waals surface area contributed by atoms with Crippen LogP contribution in [0.2, 0.25) is 0 Å². The summed E-state index contributed by atoms with van der Waals surface area (Å²) < 4.78 is 10.4. The van der Waals surface area contributed by atoms with Crippen molar-refractivity contribution in [2.75, 3.05) is 31.2 Å². The second-order valence-electron chi connectivity index (χ2n) is 4.63. The molecule has 6 nitrogen and oxygen atoms in total. The predicted molar refractivity (Wildman–Crippen MR) is 74.0 cm³/mol. The molecule has 1 saturated heterocycles. The van der Waals surface area contributed by atoms with E-state index in [0.29, 0.717) is 24.2 Å². The molecule has 2 heterocycles. The van der Waals surface area contributed by atoms with Crippen molar-refractivity contribution in [2.45, 2.75) is 0 Å². The Labute approximate surface area is 114 Å². The van der Waals surface area contributed by atoms with Crippen LogP contribution in [0.3, 0.4) is 0 Å². The molecular weight excluding hydrogens is 260 g/mol. The third-order valence-corrected chi connectivity index (χ3v) is 3.36. The van der Waals surface area contributed by atoms with Crippen LogP contribution in [0.4, 0.5) is 5.69 Å². The summed E-state index contributed by atoms with van der Waals surface area (Å²) in [6, 6.07) is 6.98. The lowest BCUT2D eigenvalue weighted by atomic mass is 10.1. The maximum absolute atomic E-state index is 11.6. The fourth-order valence-corrected chi connectivity index (χ4v) is 2.30. The summed E-state index contributed by atoms with van der Waals surface area (Å²) in [7, 11) is 0. The van der Waals surface area contributed by atoms with Crippen LogP contribution in [0.25, 0.3) is 11.0 Å². The van der Waals surface area contributed by atoms with E-state index in [1.54, 1.807) is 6.07 Å². The molecule has 0 bridgehead atoms. The third-order valence-electron chi connectivity index (χ3n) is 3.36. The van der Waals surface area contributed by atoms with Crippen LogP contribution in [0.5, 0.6) is 0 Å². The molecule has 0 aliphatic carbocycles. The summed E-state index contributed by atoms with van der Waals surface area (Å²) in [5.41, 5.74) is 5.77. The van der Waals surface area contributed by atoms with Gasteiger partial charge in [-0.1, -0.05) is 0 Å². The summed E-state index contributed by atoms with van der Waals surface area (Å²) in [6.07, 6.45) is 0. The number of fused-ring (bicyclic) bond motifs is 1. The Hall–Kier alpha value is -2.34. The van der Waals surface area contributed by atoms with Crippen molar-refractivity contribution in [3.8, 4) is 0 Å². The van der Waals surface area contributed by atoms with Crippen LogP contribution >= 0.6 is 0 Å². The lowest BCUT2D eigenvalue weighted by Gasteiger charge is -2.28. The van der Waals surface area contributed by atoms with E-state index in [1.807, 2.05) is 12.1 Å². The van der Waals surface area contributed by atoms with Gasteiger partial charge in [-0.25, -0.2) is 4.79 Å². The zero-order valence-corrected chi connectivity index (χ0v) is 10.8. The lowest BCUT2D eigenvalue weighted by molar-refractivity contribution is 0.0997. The molecule has 1 aromatic heterocycles. The van der Waals surface area contributed by atoms with Crippen LogP contribution in [-0.4, -0.2) is 32.2 Å². The molecule has 104 valence electrons. The van der Waals surface area contributed by atoms with Crippen molar-refractivity contribution in [3.05, 3.63) is 40.2 Å². The van der Waals surface area contributed by atoms with Crippen LogP contribution in [0.15, 0.2) is 33.5 Å². The molecule has 2 aromatic rings. The van der Waals surface area contributed by atoms with Crippen LogP contribution in [-0.2, 0) is 4.74 Å². The molecule has 0 atom stereocenters. The SMILES string of the molecule is NC(=O)c1cc2cc(N3CCOCC3)ccc2oc1=O. The first-order valence-corrected chi connectivity index (χ1v) is 6.35. The Morgan fingerprint density at radius 2 is 1.95 bits per heavy atom. The highest BCUT2D eigenvalue weighted by Gasteiger charge is 2.14. The van der Waals surface area contributed by atoms with E-state index in [2.05, 4.69) is 4.90 Å². The molecule has 0 saturated carbocycles. The van der Waals surface area contributed by atoms with Gasteiger partial charge in [-0.05, 0) is 24.3 Å². The monoisotopic (exact) mass is 274 g/mol. The van der Waals surface area contributed by atoms with Gasteiger partial charge in [0.05, 0.1) is 13.2 Å². The molecule has 20 heavy (non-hydrogen) atoms. The number of primary amides is 1. The maximum atomic E-state index is 11.6. The fourth-order valence-electron chi connectivity index (χ4n) is 2.30. The minimum Gasteiger partial charge on any atom is -0.422 e. The first kappa shape index (κ1) is 12.7. The second kappa shape index (κ2) is 4.97. The maximum Gasteiger partial charge on any atom is 0.349 e. The number of ether oxygens (including phenoxy) is 1. The minimum atomic E-state index is -0.780. The van der Waals surface area contributed by atoms with Crippen molar-refractivity contribution < 1.29 is 13.9 Å². The first-order chi connectivity index (χ1) is 9.65. The van der Waals surface area contributed by atoms with Gasteiger partial charge in [0.2, 0.25) is 0 Å². The van der Waals surface area contributed by atoms with Gasteiger partial charge in [-0.15, -0.1) is 0 Å². The zero-order chi connectivity index (χ0) is 14.1. The smallest absolute Gasteiger partial charge is 0.349 e. The Morgan fingerprint density at radius 3 is 2.65 bits per heavy atom. The number of benzene rings is 1. The number of nitrogens with two attached hydrogens (primary N) is 1. The van der Waals surface area contributed by atoms with E-state index in [4.69, 9.17) is 14.9 Å². The highest BCUT2D eigenvalue weighted by atomic mass is 16.5. The highest BCUT2D eigenvalue weighted by Crippen LogP contribution is 2.22. The number of nitrogens with zero attached hydrogens (tertiary/aromatic N) is 1. The topological polar surface area (TPSA) is 85.8 Å². The van der Waals surface area contributed by atoms with Crippen molar-refractivity contribution in [1.29, 1.82) is 0 Å². The van der Waals surface area contributed by atoms with Crippen LogP contribution < -0.4 is 16.3 Å². The predicted octanol–water partition coefficient (Wildman–Crippen LogP) is 0.728. The van der Waals surface area contributed by atoms with Gasteiger partial charge in [-0.3, -0.25) is 4.79 Å². The summed E-state index contributed by atoms with van der Waals surface area (Å²) in [4.78, 5) is 24.9. The van der Waals surface area contributed by atoms with Crippen LogP contribution in [0, 0.1) is 0 Å². The fraction of sp³-hybridized carbons (Fsp3) is 0.286. The van der Waals surface area contributed by atoms with Crippen molar-refractivity contribution in [2.24, 2.45) is 5.73 Å². The molecule has 3 rings (SSSR count). The Morgan fingerprint density at radius 1 is 1.20 bits per heavy atom. The van der Waals surface area contributed by atoms with Gasteiger partial charge in [0.25, 0.3) is 5.91 Å². The van der Waals surface area contributed by atoms with E-state index < -0.39 is 11.5 Å². The van der Waals surface area contributed by atoms with E-state index >= 15 is 0 Å². The van der Waals surface area contributed by atoms with Crippen molar-refractivity contribution in [3.63, 3.8) is 0 Å². The van der Waals surface area contributed by atoms with E-state index in [0.717, 1.165) is 18.8 Å². The average molecular weight is 274 g/mol. The molecule has 0 radical (unpaired) electrons. The molecule has 1 aliphatic heterocycles. The molecule has 0 unspecified atom stereocenters. The minimum absolute atomic E-state index is 0.128. The highest BCUT2D eigenvalue weighted by molar-refractivity contribution is 5.95. The third kappa shape index (κ3) is 2.25. The van der Waals surface area contributed by atoms with Crippen molar-refractivity contribution >= 4 is 22.6 Å². The number of hydrogen-bond acceptors (Lipinski definition) is 5. The Bertz CT molecular complexity index is 717. The van der Waals surface area contributed by atoms with Gasteiger partial charge >= 0.3 is 5.63 Å². The summed E-state index contributed by atoms with van der Waals surface area (Å²) in [5, 5.41) is 0.683. The number of amides is 1. The van der Waals surface area contributed by atoms with Gasteiger partial charge in [0.1, 0.15) is 11.1 Å². The average Bonchev–Trinajstić information content (AvgIpc) is 2.47. The number of morpholine rings is 1. The van der Waals surface area contributed by atoms with Crippen molar-refractivity contribution in [1.82, 2.24) is 0 Å². The zero-order valence-electron chi connectivity index (χ0n) is 10.8. The molecule has 6 heteroatoms. The first-order valence-electron chi connectivity index (χ1n) is 6.35. The quantitative estimate of drug-likeness (QED) is 0.816. The van der Waals surface area contributed by atoms with E-state index in [1.165, 1.54) is 6.07 Å².